The van der Waals surface area contributed by atoms with Crippen molar-refractivity contribution in [2.45, 2.75) is 251 Å². The molecule has 0 rings (SSSR count). The largest absolute Gasteiger partial charge is 0.480 e. The average Bonchev–Trinajstić information content (AvgIpc) is 3.10. The molecule has 2 atom stereocenters. The van der Waals surface area contributed by atoms with E-state index < -0.39 is 12.0 Å². The van der Waals surface area contributed by atoms with Gasteiger partial charge in [0.2, 0.25) is 5.91 Å². The normalized spacial score (nSPS) is 12.5. The minimum absolute atomic E-state index is 0.0176. The number of carbonyl (C=O) groups excluding carboxylic acids is 2. The molecule has 50 heavy (non-hydrogen) atoms. The molecular formula is C43H84N2O5. The number of hydrogen-bond acceptors (Lipinski definition) is 5. The van der Waals surface area contributed by atoms with Crippen LogP contribution in [0.3, 0.4) is 0 Å². The highest BCUT2D eigenvalue weighted by molar-refractivity contribution is 5.83. The van der Waals surface area contributed by atoms with Crippen LogP contribution in [0.2, 0.25) is 0 Å². The van der Waals surface area contributed by atoms with Crippen molar-refractivity contribution in [2.24, 2.45) is 5.73 Å². The third-order valence-electron chi connectivity index (χ3n) is 10.2. The van der Waals surface area contributed by atoms with Gasteiger partial charge in [0.15, 0.2) is 0 Å². The summed E-state index contributed by atoms with van der Waals surface area (Å²) in [5.74, 6) is -1.22. The van der Waals surface area contributed by atoms with Crippen LogP contribution in [0.1, 0.15) is 239 Å². The minimum Gasteiger partial charge on any atom is -0.480 e. The molecule has 0 aliphatic rings. The molecule has 0 bridgehead atoms. The second-order valence-corrected chi connectivity index (χ2v) is 15.1. The summed E-state index contributed by atoms with van der Waals surface area (Å²) in [6.45, 7) is 4.95. The Morgan fingerprint density at radius 3 is 1.24 bits per heavy atom. The number of hydrogen-bond donors (Lipinski definition) is 3. The number of aliphatic carboxylic acids is 1. The predicted octanol–water partition coefficient (Wildman–Crippen LogP) is 12.1. The molecule has 0 spiro atoms. The number of nitrogens with one attached hydrogen (secondary N) is 1. The molecule has 1 amide bonds. The first-order chi connectivity index (χ1) is 24.4. The van der Waals surface area contributed by atoms with Gasteiger partial charge in [-0.1, -0.05) is 174 Å². The van der Waals surface area contributed by atoms with E-state index in [1.807, 2.05) is 0 Å². The predicted molar refractivity (Wildman–Crippen MR) is 211 cm³/mol. The molecule has 7 nitrogen and oxygen atoms in total. The van der Waals surface area contributed by atoms with Gasteiger partial charge in [-0.05, 0) is 57.9 Å². The van der Waals surface area contributed by atoms with E-state index in [-0.39, 0.29) is 18.0 Å². The molecule has 0 aromatic carbocycles. The molecule has 0 aliphatic heterocycles. The van der Waals surface area contributed by atoms with Gasteiger partial charge in [0, 0.05) is 12.8 Å². The van der Waals surface area contributed by atoms with Gasteiger partial charge in [0.05, 0.1) is 0 Å². The van der Waals surface area contributed by atoms with Crippen LogP contribution in [0.15, 0.2) is 0 Å². The number of nitrogens with two attached hydrogens (primary N) is 1. The molecule has 2 unspecified atom stereocenters. The van der Waals surface area contributed by atoms with Gasteiger partial charge in [-0.15, -0.1) is 0 Å². The van der Waals surface area contributed by atoms with Gasteiger partial charge >= 0.3 is 11.9 Å². The minimum atomic E-state index is -1.00. The van der Waals surface area contributed by atoms with E-state index in [2.05, 4.69) is 19.2 Å². The summed E-state index contributed by atoms with van der Waals surface area (Å²) in [5, 5.41) is 11.9. The summed E-state index contributed by atoms with van der Waals surface area (Å²) < 4.78 is 6.04. The molecule has 4 N–H and O–H groups in total. The van der Waals surface area contributed by atoms with E-state index in [0.717, 1.165) is 64.2 Å². The van der Waals surface area contributed by atoms with E-state index in [1.165, 1.54) is 135 Å². The van der Waals surface area contributed by atoms with E-state index in [0.29, 0.717) is 32.2 Å². The number of unbranched alkanes of at least 4 members (excludes halogenated alkanes) is 26. The van der Waals surface area contributed by atoms with Crippen LogP contribution < -0.4 is 11.1 Å². The van der Waals surface area contributed by atoms with E-state index in [4.69, 9.17) is 10.5 Å². The molecule has 0 aromatic rings. The summed E-state index contributed by atoms with van der Waals surface area (Å²) in [6.07, 6.45) is 40.0. The van der Waals surface area contributed by atoms with Gasteiger partial charge < -0.3 is 20.9 Å². The lowest BCUT2D eigenvalue weighted by Gasteiger charge is -2.18. The van der Waals surface area contributed by atoms with Crippen molar-refractivity contribution in [3.05, 3.63) is 0 Å². The SMILES string of the molecule is CCCCCCCCCCCCCCCCCC(CCCCCCCC(=O)NC(CCCN)C(=O)O)OC(=O)CCCCCCCCCCC. The zero-order chi connectivity index (χ0) is 36.8. The maximum Gasteiger partial charge on any atom is 0.326 e. The number of ether oxygens (including phenoxy) is 1. The summed E-state index contributed by atoms with van der Waals surface area (Å²) in [6, 6.07) is -0.851. The van der Waals surface area contributed by atoms with Crippen molar-refractivity contribution < 1.29 is 24.2 Å². The first-order valence-corrected chi connectivity index (χ1v) is 21.9. The Hall–Kier alpha value is -1.63. The number of carboxylic acids is 1. The van der Waals surface area contributed by atoms with Gasteiger partial charge in [0.25, 0.3) is 0 Å². The molecule has 0 fully saturated rings. The Kier molecular flexibility index (Phi) is 37.3. The number of rotatable bonds is 40. The number of amides is 1. The quantitative estimate of drug-likeness (QED) is 0.0430. The highest BCUT2D eigenvalue weighted by atomic mass is 16.5. The van der Waals surface area contributed by atoms with E-state index in [9.17, 15) is 19.5 Å². The Bertz CT molecular complexity index is 762. The molecule has 0 radical (unpaired) electrons. The lowest BCUT2D eigenvalue weighted by atomic mass is 10.0. The first kappa shape index (κ1) is 48.4. The molecule has 7 heteroatoms. The Morgan fingerprint density at radius 2 is 0.860 bits per heavy atom. The molecule has 0 aromatic heterocycles. The van der Waals surface area contributed by atoms with Crippen LogP contribution in [-0.4, -0.2) is 41.6 Å². The lowest BCUT2D eigenvalue weighted by Crippen LogP contribution is -2.40. The maximum atomic E-state index is 12.7. The molecule has 0 aliphatic carbocycles. The second kappa shape index (κ2) is 38.6. The van der Waals surface area contributed by atoms with Gasteiger partial charge in [-0.3, -0.25) is 9.59 Å². The fourth-order valence-electron chi connectivity index (χ4n) is 6.86. The zero-order valence-electron chi connectivity index (χ0n) is 33.3. The third-order valence-corrected chi connectivity index (χ3v) is 10.2. The van der Waals surface area contributed by atoms with E-state index in [1.54, 1.807) is 0 Å². The van der Waals surface area contributed by atoms with Crippen LogP contribution in [0.25, 0.3) is 0 Å². The molecule has 296 valence electrons. The second-order valence-electron chi connectivity index (χ2n) is 15.1. The van der Waals surface area contributed by atoms with Crippen molar-refractivity contribution in [3.63, 3.8) is 0 Å². The van der Waals surface area contributed by atoms with Gasteiger partial charge in [0.1, 0.15) is 12.1 Å². The maximum absolute atomic E-state index is 12.7. The van der Waals surface area contributed by atoms with Crippen molar-refractivity contribution in [1.29, 1.82) is 0 Å². The number of carbonyl (C=O) groups is 3. The monoisotopic (exact) mass is 709 g/mol. The van der Waals surface area contributed by atoms with Gasteiger partial charge in [-0.25, -0.2) is 4.79 Å². The summed E-state index contributed by atoms with van der Waals surface area (Å²) in [4.78, 5) is 36.3. The topological polar surface area (TPSA) is 119 Å². The fraction of sp³-hybridized carbons (Fsp3) is 0.930. The Labute approximate surface area is 309 Å². The number of esters is 1. The first-order valence-electron chi connectivity index (χ1n) is 21.9. The smallest absolute Gasteiger partial charge is 0.326 e. The average molecular weight is 709 g/mol. The van der Waals surface area contributed by atoms with Crippen molar-refractivity contribution >= 4 is 17.8 Å². The Balaban J connectivity index is 4.26. The van der Waals surface area contributed by atoms with Crippen LogP contribution in [0, 0.1) is 0 Å². The van der Waals surface area contributed by atoms with Crippen LogP contribution >= 0.6 is 0 Å². The standard InChI is InChI=1S/C43H84N2O5/c1-3-5-7-9-11-13-14-15-16-17-18-20-21-24-28-33-39(50-42(47)37-31-27-22-19-12-10-8-6-4-2)34-29-25-23-26-30-36-41(46)45-40(43(48)49)35-32-38-44/h39-40H,3-38,44H2,1-2H3,(H,45,46)(H,48,49). The summed E-state index contributed by atoms with van der Waals surface area (Å²) in [7, 11) is 0. The molecule has 0 saturated carbocycles. The summed E-state index contributed by atoms with van der Waals surface area (Å²) in [5.41, 5.74) is 5.48. The fourth-order valence-corrected chi connectivity index (χ4v) is 6.86. The Morgan fingerprint density at radius 1 is 0.500 bits per heavy atom. The van der Waals surface area contributed by atoms with Crippen LogP contribution in [-0.2, 0) is 19.1 Å². The summed E-state index contributed by atoms with van der Waals surface area (Å²) >= 11 is 0. The van der Waals surface area contributed by atoms with Crippen molar-refractivity contribution in [1.82, 2.24) is 5.32 Å². The van der Waals surface area contributed by atoms with Crippen molar-refractivity contribution in [2.75, 3.05) is 6.54 Å². The van der Waals surface area contributed by atoms with Gasteiger partial charge in [-0.2, -0.15) is 0 Å². The highest BCUT2D eigenvalue weighted by Crippen LogP contribution is 2.19. The number of carboxylic acid groups (broad SMARTS) is 1. The molecular weight excluding hydrogens is 624 g/mol. The molecule has 0 heterocycles. The highest BCUT2D eigenvalue weighted by Gasteiger charge is 2.19. The van der Waals surface area contributed by atoms with E-state index >= 15 is 0 Å². The van der Waals surface area contributed by atoms with Crippen LogP contribution in [0.4, 0.5) is 0 Å². The third kappa shape index (κ3) is 34.8. The molecule has 0 saturated heterocycles. The van der Waals surface area contributed by atoms with Crippen LogP contribution in [0.5, 0.6) is 0 Å². The zero-order valence-corrected chi connectivity index (χ0v) is 33.3. The lowest BCUT2D eigenvalue weighted by molar-refractivity contribution is -0.150. The van der Waals surface area contributed by atoms with Crippen molar-refractivity contribution in [3.8, 4) is 0 Å².